The molecule has 0 fully saturated rings. The summed E-state index contributed by atoms with van der Waals surface area (Å²) < 4.78 is 0.742. The van der Waals surface area contributed by atoms with E-state index in [1.807, 2.05) is 39.0 Å². The normalized spacial score (nSPS) is 14.0. The fraction of sp³-hybridized carbons (Fsp3) is 0.250. The van der Waals surface area contributed by atoms with Crippen LogP contribution in [-0.2, 0) is 0 Å². The Kier molecular flexibility index (Phi) is 6.64. The van der Waals surface area contributed by atoms with Crippen LogP contribution in [0, 0.1) is 6.92 Å². The summed E-state index contributed by atoms with van der Waals surface area (Å²) in [5.74, 6) is 0. The van der Waals surface area contributed by atoms with E-state index in [-0.39, 0.29) is 0 Å². The lowest BCUT2D eigenvalue weighted by Gasteiger charge is -1.93. The molecule has 0 radical (unpaired) electrons. The van der Waals surface area contributed by atoms with Crippen molar-refractivity contribution in [1.29, 1.82) is 0 Å². The van der Waals surface area contributed by atoms with Gasteiger partial charge in [-0.25, -0.2) is 0 Å². The lowest BCUT2D eigenvalue weighted by atomic mass is 10.2. The van der Waals surface area contributed by atoms with E-state index in [1.165, 1.54) is 16.9 Å². The molecule has 0 aliphatic rings. The van der Waals surface area contributed by atoms with Crippen LogP contribution in [0.1, 0.15) is 31.2 Å². The maximum absolute atomic E-state index is 6.20. The summed E-state index contributed by atoms with van der Waals surface area (Å²) in [6.45, 7) is 8.12. The van der Waals surface area contributed by atoms with Crippen molar-refractivity contribution in [2.75, 3.05) is 0 Å². The predicted molar refractivity (Wildman–Crippen MR) is 90.4 cm³/mol. The number of hydrogen-bond donors (Lipinski definition) is 0. The minimum absolute atomic E-state index is 0.742. The third-order valence-electron chi connectivity index (χ3n) is 2.69. The smallest absolute Gasteiger partial charge is 0.102 e. The first-order chi connectivity index (χ1) is 8.95. The number of allylic oxidation sites excluding steroid dienone is 7. The van der Waals surface area contributed by atoms with Crippen molar-refractivity contribution >= 4 is 40.6 Å². The highest BCUT2D eigenvalue weighted by Crippen LogP contribution is 2.36. The largest absolute Gasteiger partial charge is 0.126 e. The maximum atomic E-state index is 6.20. The molecule has 0 saturated heterocycles. The molecule has 19 heavy (non-hydrogen) atoms. The standard InChI is InChI=1S/C16H18Cl2S/c1-5-11(2)7-6-8-12(3)9-10-14-15(17)13(4)19-16(14)18/h5-10H,1-4H3/b7-6+,10-9?,11-5+,12-8+. The van der Waals surface area contributed by atoms with Crippen LogP contribution >= 0.6 is 34.5 Å². The highest BCUT2D eigenvalue weighted by molar-refractivity contribution is 7.17. The third kappa shape index (κ3) is 5.02. The Morgan fingerprint density at radius 2 is 1.79 bits per heavy atom. The molecule has 0 nitrogen and oxygen atoms in total. The fourth-order valence-corrected chi connectivity index (χ4v) is 3.00. The average molecular weight is 313 g/mol. The number of thiophene rings is 1. The van der Waals surface area contributed by atoms with Gasteiger partial charge in [0.1, 0.15) is 4.34 Å². The third-order valence-corrected chi connectivity index (χ3v) is 4.63. The van der Waals surface area contributed by atoms with Crippen molar-refractivity contribution in [3.8, 4) is 0 Å². The summed E-state index contributed by atoms with van der Waals surface area (Å²) in [7, 11) is 0. The van der Waals surface area contributed by atoms with Crippen molar-refractivity contribution in [1.82, 2.24) is 0 Å². The Morgan fingerprint density at radius 1 is 1.11 bits per heavy atom. The van der Waals surface area contributed by atoms with E-state index >= 15 is 0 Å². The zero-order valence-electron chi connectivity index (χ0n) is 11.6. The first-order valence-electron chi connectivity index (χ1n) is 6.06. The molecule has 0 aliphatic heterocycles. The molecular weight excluding hydrogens is 295 g/mol. The van der Waals surface area contributed by atoms with Crippen LogP contribution in [0.25, 0.3) is 6.08 Å². The first-order valence-corrected chi connectivity index (χ1v) is 7.63. The lowest BCUT2D eigenvalue weighted by molar-refractivity contribution is 1.47. The van der Waals surface area contributed by atoms with Gasteiger partial charge in [-0.3, -0.25) is 0 Å². The van der Waals surface area contributed by atoms with Gasteiger partial charge < -0.3 is 0 Å². The van der Waals surface area contributed by atoms with Crippen molar-refractivity contribution in [2.24, 2.45) is 0 Å². The van der Waals surface area contributed by atoms with Gasteiger partial charge in [-0.15, -0.1) is 11.3 Å². The molecule has 0 saturated carbocycles. The van der Waals surface area contributed by atoms with Crippen LogP contribution in [0.5, 0.6) is 0 Å². The number of rotatable bonds is 4. The van der Waals surface area contributed by atoms with Crippen molar-refractivity contribution in [3.63, 3.8) is 0 Å². The molecule has 1 aromatic rings. The molecule has 0 unspecified atom stereocenters. The van der Waals surface area contributed by atoms with Crippen LogP contribution in [0.4, 0.5) is 0 Å². The molecule has 0 spiro atoms. The van der Waals surface area contributed by atoms with Gasteiger partial charge in [-0.05, 0) is 27.7 Å². The minimum atomic E-state index is 0.742. The second-order valence-corrected chi connectivity index (χ2v) is 6.50. The van der Waals surface area contributed by atoms with Gasteiger partial charge in [0.25, 0.3) is 0 Å². The van der Waals surface area contributed by atoms with Crippen LogP contribution < -0.4 is 0 Å². The topological polar surface area (TPSA) is 0 Å². The van der Waals surface area contributed by atoms with Crippen molar-refractivity contribution in [3.05, 3.63) is 61.3 Å². The maximum Gasteiger partial charge on any atom is 0.102 e. The van der Waals surface area contributed by atoms with Gasteiger partial charge in [0, 0.05) is 10.4 Å². The molecule has 0 N–H and O–H groups in total. The summed E-state index contributed by atoms with van der Waals surface area (Å²) in [6, 6.07) is 0. The predicted octanol–water partition coefficient (Wildman–Crippen LogP) is 6.85. The zero-order valence-corrected chi connectivity index (χ0v) is 14.0. The van der Waals surface area contributed by atoms with Gasteiger partial charge >= 0.3 is 0 Å². The molecule has 0 atom stereocenters. The van der Waals surface area contributed by atoms with Gasteiger partial charge in [-0.1, -0.05) is 70.8 Å². The van der Waals surface area contributed by atoms with Gasteiger partial charge in [0.2, 0.25) is 0 Å². The van der Waals surface area contributed by atoms with E-state index in [2.05, 4.69) is 25.2 Å². The molecule has 1 heterocycles. The molecule has 0 aromatic carbocycles. The molecule has 0 bridgehead atoms. The SMILES string of the molecule is C/C=C(C)/C=C/C=C(\C)C=Cc1c(Cl)sc(C)c1Cl. The van der Waals surface area contributed by atoms with E-state index in [4.69, 9.17) is 23.2 Å². The lowest BCUT2D eigenvalue weighted by Crippen LogP contribution is -1.72. The number of aryl methyl sites for hydroxylation is 1. The zero-order chi connectivity index (χ0) is 14.4. The summed E-state index contributed by atoms with van der Waals surface area (Å²) in [6.07, 6.45) is 12.2. The summed E-state index contributed by atoms with van der Waals surface area (Å²) in [4.78, 5) is 1.05. The summed E-state index contributed by atoms with van der Waals surface area (Å²) in [5.41, 5.74) is 3.30. The second kappa shape index (κ2) is 7.74. The van der Waals surface area contributed by atoms with Gasteiger partial charge in [0.05, 0.1) is 5.02 Å². The summed E-state index contributed by atoms with van der Waals surface area (Å²) >= 11 is 13.9. The Balaban J connectivity index is 2.81. The van der Waals surface area contributed by atoms with Crippen LogP contribution in [0.15, 0.2) is 41.5 Å². The Bertz CT molecular complexity index is 558. The minimum Gasteiger partial charge on any atom is -0.126 e. The first kappa shape index (κ1) is 16.3. The van der Waals surface area contributed by atoms with E-state index in [1.54, 1.807) is 0 Å². The molecule has 1 aromatic heterocycles. The van der Waals surface area contributed by atoms with Crippen molar-refractivity contribution in [2.45, 2.75) is 27.7 Å². The molecule has 1 rings (SSSR count). The molecule has 0 amide bonds. The van der Waals surface area contributed by atoms with Crippen molar-refractivity contribution < 1.29 is 0 Å². The van der Waals surface area contributed by atoms with Gasteiger partial charge in [-0.2, -0.15) is 0 Å². The van der Waals surface area contributed by atoms with Gasteiger partial charge in [0.15, 0.2) is 0 Å². The molecule has 0 aliphatic carbocycles. The molecule has 102 valence electrons. The van der Waals surface area contributed by atoms with Crippen LogP contribution in [0.2, 0.25) is 9.36 Å². The monoisotopic (exact) mass is 312 g/mol. The molecular formula is C16H18Cl2S. The fourth-order valence-electron chi connectivity index (χ4n) is 1.37. The average Bonchev–Trinajstić information content (AvgIpc) is 2.61. The quantitative estimate of drug-likeness (QED) is 0.533. The molecule has 3 heteroatoms. The Labute approximate surface area is 129 Å². The highest BCUT2D eigenvalue weighted by atomic mass is 35.5. The van der Waals surface area contributed by atoms with E-state index < -0.39 is 0 Å². The van der Waals surface area contributed by atoms with Crippen LogP contribution in [-0.4, -0.2) is 0 Å². The van der Waals surface area contributed by atoms with E-state index in [0.29, 0.717) is 0 Å². The Hall–Kier alpha value is -0.760. The second-order valence-electron chi connectivity index (χ2n) is 4.30. The number of halogens is 2. The highest BCUT2D eigenvalue weighted by Gasteiger charge is 2.09. The Morgan fingerprint density at radius 3 is 2.32 bits per heavy atom. The van der Waals surface area contributed by atoms with Crippen LogP contribution in [0.3, 0.4) is 0 Å². The van der Waals surface area contributed by atoms with E-state index in [0.717, 1.165) is 25.4 Å². The van der Waals surface area contributed by atoms with E-state index in [9.17, 15) is 0 Å². The summed E-state index contributed by atoms with van der Waals surface area (Å²) in [5, 5.41) is 0.749. The number of hydrogen-bond acceptors (Lipinski definition) is 1.